The summed E-state index contributed by atoms with van der Waals surface area (Å²) in [7, 11) is 0. The Bertz CT molecular complexity index is 3120. The highest BCUT2D eigenvalue weighted by Gasteiger charge is 2.45. The summed E-state index contributed by atoms with van der Waals surface area (Å²) in [6.07, 6.45) is 8.39. The number of piperazine rings is 2. The predicted molar refractivity (Wildman–Crippen MR) is 325 cm³/mol. The third-order valence-electron chi connectivity index (χ3n) is 16.1. The van der Waals surface area contributed by atoms with E-state index in [0.717, 1.165) is 68.0 Å². The molecule has 8 heterocycles. The number of fused-ring (bicyclic) bond motifs is 1. The van der Waals surface area contributed by atoms with Crippen LogP contribution in [-0.4, -0.2) is 228 Å². The third-order valence-corrected chi connectivity index (χ3v) is 16.6. The minimum atomic E-state index is -1.26. The molecule has 4 aliphatic heterocycles. The minimum absolute atomic E-state index is 0.0455. The van der Waals surface area contributed by atoms with Gasteiger partial charge in [0.05, 0.1) is 36.4 Å². The number of hydrogen-bond acceptors (Lipinski definition) is 17. The number of hydrogen-bond donors (Lipinski definition) is 4. The molecule has 1 aromatic carbocycles. The summed E-state index contributed by atoms with van der Waals surface area (Å²) in [4.78, 5) is 112. The van der Waals surface area contributed by atoms with Gasteiger partial charge in [-0.05, 0) is 129 Å². The number of pyridine rings is 1. The zero-order chi connectivity index (χ0) is 61.2. The number of piperidine rings is 2. The number of aromatic nitrogens is 7. The van der Waals surface area contributed by atoms with E-state index in [2.05, 4.69) is 65.8 Å². The van der Waals surface area contributed by atoms with Crippen molar-refractivity contribution in [3.63, 3.8) is 0 Å². The van der Waals surface area contributed by atoms with E-state index in [4.69, 9.17) is 32.7 Å². The van der Waals surface area contributed by atoms with Gasteiger partial charge in [-0.15, -0.1) is 5.10 Å². The number of benzene rings is 1. The molecule has 0 bridgehead atoms. The number of aromatic amines is 1. The van der Waals surface area contributed by atoms with Gasteiger partial charge in [-0.1, -0.05) is 40.5 Å². The Morgan fingerprint density at radius 1 is 0.779 bits per heavy atom. The predicted octanol–water partition coefficient (Wildman–Crippen LogP) is 5.55. The van der Waals surface area contributed by atoms with Gasteiger partial charge in [0, 0.05) is 102 Å². The second kappa shape index (κ2) is 28.1. The minimum Gasteiger partial charge on any atom is -0.444 e. The number of halogens is 2. The number of likely N-dealkylation sites (tertiary alicyclic amines) is 1. The summed E-state index contributed by atoms with van der Waals surface area (Å²) < 4.78 is 12.8. The SMILES string of the molecule is CC(C)(C)OC(=O)NC1(C(=O)N[C@@H](CCN2CCN(C(=O)CN3CCC(CN4CCN(C(=O)c5ccc(NC(=O)CN(CCn6ccnn6)C(=O)OC(C)(C)C)c(Cl)n5)CC4)CC3)CC2)c2ccc(Cl)cc2)CCN(c2ncnc3[nH]ccc23)CC1. The highest BCUT2D eigenvalue weighted by molar-refractivity contribution is 6.32. The van der Waals surface area contributed by atoms with Gasteiger partial charge in [0.1, 0.15) is 46.8 Å². The molecular formula is C59H81Cl2N17O8. The molecule has 464 valence electrons. The standard InChI is InChI=1S/C59H81Cl2N17O8/c1-57(2,3)85-55(83)69-59(17-24-75(25-18-59)52-44-13-19-62-51(44)63-40-64-52)54(82)68-45(42-7-9-43(60)10-8-42)16-23-71-27-31-74(32-28-71)49(80)39-72-21-14-41(15-22-72)37-73-29-33-76(34-30-73)53(81)47-12-11-46(50(61)67-47)66-48(79)38-77(56(84)86-58(4,5)6)35-36-78-26-20-65-70-78/h7-13,19-20,26,40-41,45H,14-18,21-25,27-39H2,1-6H3,(H,66,79)(H,68,82)(H,69,83)(H,62,63,64)/t45-/m0/s1. The van der Waals surface area contributed by atoms with E-state index in [0.29, 0.717) is 102 Å². The van der Waals surface area contributed by atoms with Crippen molar-refractivity contribution in [1.29, 1.82) is 0 Å². The Balaban J connectivity index is 0.694. The number of nitrogens with one attached hydrogen (secondary N) is 4. The van der Waals surface area contributed by atoms with E-state index < -0.39 is 40.9 Å². The number of alkyl carbamates (subject to hydrolysis) is 1. The van der Waals surface area contributed by atoms with Crippen molar-refractivity contribution >= 4 is 81.6 Å². The Kier molecular flexibility index (Phi) is 20.7. The van der Waals surface area contributed by atoms with Crippen LogP contribution in [0.2, 0.25) is 10.2 Å². The number of anilines is 2. The van der Waals surface area contributed by atoms with Gasteiger partial charge in [0.2, 0.25) is 17.7 Å². The summed E-state index contributed by atoms with van der Waals surface area (Å²) >= 11 is 12.9. The van der Waals surface area contributed by atoms with Gasteiger partial charge >= 0.3 is 12.2 Å². The van der Waals surface area contributed by atoms with Crippen LogP contribution in [0, 0.1) is 5.92 Å². The van der Waals surface area contributed by atoms with Crippen LogP contribution in [0.3, 0.4) is 0 Å². The molecule has 4 fully saturated rings. The fraction of sp³-hybridized carbons (Fsp3) is 0.576. The molecule has 4 aromatic heterocycles. The van der Waals surface area contributed by atoms with Crippen molar-refractivity contribution in [2.24, 2.45) is 5.92 Å². The lowest BCUT2D eigenvalue weighted by Crippen LogP contribution is -2.64. The second-order valence-electron chi connectivity index (χ2n) is 24.7. The Morgan fingerprint density at radius 3 is 2.13 bits per heavy atom. The van der Waals surface area contributed by atoms with E-state index in [1.165, 1.54) is 29.6 Å². The van der Waals surface area contributed by atoms with E-state index >= 15 is 0 Å². The molecule has 4 saturated heterocycles. The first-order chi connectivity index (χ1) is 41.0. The number of nitrogens with zero attached hydrogens (tertiary/aromatic N) is 13. The quantitative estimate of drug-likeness (QED) is 0.0738. The number of H-pyrrole nitrogens is 1. The number of ether oxygens (including phenoxy) is 2. The third kappa shape index (κ3) is 17.3. The molecule has 9 rings (SSSR count). The van der Waals surface area contributed by atoms with E-state index in [1.807, 2.05) is 41.4 Å². The number of carbonyl (C=O) groups excluding carboxylic acids is 6. The molecule has 4 N–H and O–H groups in total. The van der Waals surface area contributed by atoms with E-state index in [-0.39, 0.29) is 47.3 Å². The lowest BCUT2D eigenvalue weighted by atomic mass is 9.85. The highest BCUT2D eigenvalue weighted by atomic mass is 35.5. The smallest absolute Gasteiger partial charge is 0.410 e. The molecule has 1 atom stereocenters. The maximum Gasteiger partial charge on any atom is 0.410 e. The number of amides is 6. The molecular weight excluding hydrogens is 1150 g/mol. The molecule has 0 unspecified atom stereocenters. The fourth-order valence-electron chi connectivity index (χ4n) is 11.4. The molecule has 0 aliphatic carbocycles. The molecule has 25 nitrogen and oxygen atoms in total. The Morgan fingerprint density at radius 2 is 1.47 bits per heavy atom. The lowest BCUT2D eigenvalue weighted by Gasteiger charge is -2.42. The Hall–Kier alpha value is -7.19. The topological polar surface area (TPSA) is 265 Å². The summed E-state index contributed by atoms with van der Waals surface area (Å²) in [6, 6.07) is 12.1. The average Bonchev–Trinajstić information content (AvgIpc) is 1.73. The van der Waals surface area contributed by atoms with Gasteiger partial charge < -0.3 is 45.1 Å². The summed E-state index contributed by atoms with van der Waals surface area (Å²) in [5.41, 5.74) is -0.797. The molecule has 0 radical (unpaired) electrons. The molecule has 0 spiro atoms. The van der Waals surface area contributed by atoms with Crippen molar-refractivity contribution in [2.45, 2.75) is 103 Å². The van der Waals surface area contributed by atoms with Crippen LogP contribution in [0.25, 0.3) is 11.0 Å². The van der Waals surface area contributed by atoms with Crippen molar-refractivity contribution in [2.75, 3.05) is 121 Å². The largest absolute Gasteiger partial charge is 0.444 e. The van der Waals surface area contributed by atoms with Gasteiger partial charge in [-0.2, -0.15) is 0 Å². The van der Waals surface area contributed by atoms with Gasteiger partial charge in [-0.3, -0.25) is 43.5 Å². The van der Waals surface area contributed by atoms with Crippen molar-refractivity contribution in [1.82, 2.24) is 75.0 Å². The number of carbonyl (C=O) groups is 6. The van der Waals surface area contributed by atoms with Crippen LogP contribution in [-0.2, 0) is 30.4 Å². The van der Waals surface area contributed by atoms with Crippen LogP contribution in [0.1, 0.15) is 95.7 Å². The normalized spacial score (nSPS) is 17.9. The zero-order valence-electron chi connectivity index (χ0n) is 50.1. The van der Waals surface area contributed by atoms with Gasteiger partial charge in [0.15, 0.2) is 5.15 Å². The summed E-state index contributed by atoms with van der Waals surface area (Å²) in [5.74, 6) is 0.323. The molecule has 86 heavy (non-hydrogen) atoms. The fourth-order valence-corrected chi connectivity index (χ4v) is 11.7. The highest BCUT2D eigenvalue weighted by Crippen LogP contribution is 2.32. The van der Waals surface area contributed by atoms with Crippen molar-refractivity contribution < 1.29 is 38.2 Å². The molecule has 4 aliphatic rings. The summed E-state index contributed by atoms with van der Waals surface area (Å²) in [5, 5.41) is 18.2. The maximum absolute atomic E-state index is 14.8. The van der Waals surface area contributed by atoms with Crippen LogP contribution in [0.4, 0.5) is 21.1 Å². The average molecular weight is 1230 g/mol. The first kappa shape index (κ1) is 63.3. The van der Waals surface area contributed by atoms with Crippen molar-refractivity contribution in [3.05, 3.63) is 88.8 Å². The van der Waals surface area contributed by atoms with Crippen LogP contribution in [0.5, 0.6) is 0 Å². The first-order valence-corrected chi connectivity index (χ1v) is 30.4. The van der Waals surface area contributed by atoms with E-state index in [9.17, 15) is 28.8 Å². The summed E-state index contributed by atoms with van der Waals surface area (Å²) in [6.45, 7) is 20.4. The maximum atomic E-state index is 14.8. The monoisotopic (exact) mass is 1230 g/mol. The Labute approximate surface area is 511 Å². The first-order valence-electron chi connectivity index (χ1n) is 29.7. The van der Waals surface area contributed by atoms with Gasteiger partial charge in [-0.25, -0.2) is 24.5 Å². The number of rotatable bonds is 19. The lowest BCUT2D eigenvalue weighted by molar-refractivity contribution is -0.134. The molecule has 6 amide bonds. The van der Waals surface area contributed by atoms with E-state index in [1.54, 1.807) is 57.3 Å². The zero-order valence-corrected chi connectivity index (χ0v) is 51.6. The van der Waals surface area contributed by atoms with Crippen molar-refractivity contribution in [3.8, 4) is 0 Å². The molecule has 0 saturated carbocycles. The van der Waals surface area contributed by atoms with Crippen LogP contribution in [0.15, 0.2) is 67.4 Å². The van der Waals surface area contributed by atoms with Crippen LogP contribution < -0.4 is 20.9 Å². The van der Waals surface area contributed by atoms with Crippen LogP contribution >= 0.6 is 23.2 Å². The van der Waals surface area contributed by atoms with Gasteiger partial charge in [0.25, 0.3) is 5.91 Å². The molecule has 5 aromatic rings. The molecule has 27 heteroatoms. The second-order valence-corrected chi connectivity index (χ2v) is 25.5.